The number of hydrogen-bond acceptors (Lipinski definition) is 6. The standard InChI is InChI=1S/C20H26N6.C2HF3O2/c1-15(17-3-4-18-14-23-24-19(18)12-17)22-13-16-5-6-21-20(11-16)26-9-7-25(2)8-10-26;3-2(4,5)1(6)7/h3-6,11-12,14-15,22H,7-10,13H2,1-2H3,(H,23,24);(H,6,7). The molecule has 1 unspecified atom stereocenters. The first-order chi connectivity index (χ1) is 15.6. The molecule has 11 heteroatoms. The second-order valence-corrected chi connectivity index (χ2v) is 7.93. The van der Waals surface area contributed by atoms with E-state index >= 15 is 0 Å². The Balaban J connectivity index is 0.000000383. The zero-order valence-corrected chi connectivity index (χ0v) is 18.4. The van der Waals surface area contributed by atoms with Gasteiger partial charge in [0, 0.05) is 50.3 Å². The number of halogens is 3. The molecule has 1 atom stereocenters. The minimum atomic E-state index is -5.08. The number of carboxylic acid groups (broad SMARTS) is 1. The molecule has 1 aromatic carbocycles. The third-order valence-electron chi connectivity index (χ3n) is 5.46. The summed E-state index contributed by atoms with van der Waals surface area (Å²) in [5.74, 6) is -1.67. The van der Waals surface area contributed by atoms with Crippen molar-refractivity contribution in [2.75, 3.05) is 38.1 Å². The van der Waals surface area contributed by atoms with Gasteiger partial charge >= 0.3 is 12.1 Å². The van der Waals surface area contributed by atoms with Crippen LogP contribution in [0.25, 0.3) is 10.9 Å². The Morgan fingerprint density at radius 3 is 2.58 bits per heavy atom. The lowest BCUT2D eigenvalue weighted by atomic mass is 10.1. The summed E-state index contributed by atoms with van der Waals surface area (Å²) in [4.78, 5) is 18.2. The highest BCUT2D eigenvalue weighted by molar-refractivity contribution is 5.78. The van der Waals surface area contributed by atoms with Crippen LogP contribution in [-0.2, 0) is 11.3 Å². The van der Waals surface area contributed by atoms with Gasteiger partial charge in [-0.15, -0.1) is 0 Å². The Morgan fingerprint density at radius 2 is 1.91 bits per heavy atom. The minimum Gasteiger partial charge on any atom is -0.475 e. The molecular formula is C22H27F3N6O2. The molecule has 0 amide bonds. The van der Waals surface area contributed by atoms with Gasteiger partial charge in [-0.3, -0.25) is 5.10 Å². The Morgan fingerprint density at radius 1 is 1.21 bits per heavy atom. The van der Waals surface area contributed by atoms with Crippen LogP contribution in [0.2, 0.25) is 0 Å². The van der Waals surface area contributed by atoms with Crippen molar-refractivity contribution >= 4 is 22.7 Å². The summed E-state index contributed by atoms with van der Waals surface area (Å²) in [6.07, 6.45) is -1.31. The number of H-pyrrole nitrogens is 1. The number of pyridine rings is 1. The van der Waals surface area contributed by atoms with E-state index in [2.05, 4.69) is 74.6 Å². The molecule has 0 saturated carbocycles. The van der Waals surface area contributed by atoms with Crippen LogP contribution in [-0.4, -0.2) is 70.6 Å². The predicted molar refractivity (Wildman–Crippen MR) is 119 cm³/mol. The summed E-state index contributed by atoms with van der Waals surface area (Å²) < 4.78 is 31.7. The van der Waals surface area contributed by atoms with E-state index < -0.39 is 12.1 Å². The fraction of sp³-hybridized carbons (Fsp3) is 0.409. The molecule has 1 fully saturated rings. The lowest BCUT2D eigenvalue weighted by molar-refractivity contribution is -0.192. The highest BCUT2D eigenvalue weighted by atomic mass is 19.4. The van der Waals surface area contributed by atoms with E-state index in [0.717, 1.165) is 49.4 Å². The summed E-state index contributed by atoms with van der Waals surface area (Å²) in [6.45, 7) is 7.29. The van der Waals surface area contributed by atoms with Crippen molar-refractivity contribution in [2.45, 2.75) is 25.7 Å². The summed E-state index contributed by atoms with van der Waals surface area (Å²) in [7, 11) is 2.17. The average Bonchev–Trinajstić information content (AvgIpc) is 3.26. The molecule has 0 spiro atoms. The van der Waals surface area contributed by atoms with Gasteiger partial charge in [-0.1, -0.05) is 12.1 Å². The number of fused-ring (bicyclic) bond motifs is 1. The molecule has 1 aliphatic heterocycles. The van der Waals surface area contributed by atoms with Crippen LogP contribution in [0.3, 0.4) is 0 Å². The monoisotopic (exact) mass is 464 g/mol. The number of nitrogens with zero attached hydrogens (tertiary/aromatic N) is 4. The Kier molecular flexibility index (Phi) is 7.88. The average molecular weight is 464 g/mol. The Labute approximate surface area is 189 Å². The van der Waals surface area contributed by atoms with Crippen LogP contribution in [0, 0.1) is 0 Å². The number of likely N-dealkylation sites (N-methyl/N-ethyl adjacent to an activating group) is 1. The van der Waals surface area contributed by atoms with Crippen molar-refractivity contribution in [3.8, 4) is 0 Å². The molecule has 178 valence electrons. The molecule has 4 rings (SSSR count). The lowest BCUT2D eigenvalue weighted by Gasteiger charge is -2.33. The van der Waals surface area contributed by atoms with Gasteiger partial charge in [0.05, 0.1) is 11.7 Å². The van der Waals surface area contributed by atoms with Crippen LogP contribution in [0.4, 0.5) is 19.0 Å². The van der Waals surface area contributed by atoms with Crippen LogP contribution < -0.4 is 10.2 Å². The molecule has 3 aromatic rings. The zero-order valence-electron chi connectivity index (χ0n) is 18.4. The third kappa shape index (κ3) is 6.90. The van der Waals surface area contributed by atoms with Crippen molar-refractivity contribution in [3.05, 3.63) is 53.9 Å². The third-order valence-corrected chi connectivity index (χ3v) is 5.46. The number of carbonyl (C=O) groups is 1. The first-order valence-electron chi connectivity index (χ1n) is 10.5. The number of aromatic nitrogens is 3. The van der Waals surface area contributed by atoms with E-state index in [1.54, 1.807) is 0 Å². The van der Waals surface area contributed by atoms with Gasteiger partial charge in [-0.25, -0.2) is 9.78 Å². The lowest BCUT2D eigenvalue weighted by Crippen LogP contribution is -2.44. The topological polar surface area (TPSA) is 97.4 Å². The first-order valence-corrected chi connectivity index (χ1v) is 10.5. The van der Waals surface area contributed by atoms with E-state index in [0.29, 0.717) is 0 Å². The SMILES string of the molecule is CC(NCc1ccnc(N2CCN(C)CC2)c1)c1ccc2cn[nH]c2c1.O=C(O)C(F)(F)F. The molecule has 1 saturated heterocycles. The number of aromatic amines is 1. The van der Waals surface area contributed by atoms with E-state index in [1.807, 2.05) is 12.4 Å². The quantitative estimate of drug-likeness (QED) is 0.534. The van der Waals surface area contributed by atoms with E-state index in [4.69, 9.17) is 9.90 Å². The number of carboxylic acids is 1. The predicted octanol–water partition coefficient (Wildman–Crippen LogP) is 3.19. The van der Waals surface area contributed by atoms with Crippen LogP contribution >= 0.6 is 0 Å². The normalized spacial score (nSPS) is 15.7. The number of nitrogens with one attached hydrogen (secondary N) is 2. The Hall–Kier alpha value is -3.18. The van der Waals surface area contributed by atoms with Gasteiger partial charge in [0.2, 0.25) is 0 Å². The smallest absolute Gasteiger partial charge is 0.475 e. The fourth-order valence-electron chi connectivity index (χ4n) is 3.39. The number of rotatable bonds is 5. The van der Waals surface area contributed by atoms with Crippen LogP contribution in [0.1, 0.15) is 24.1 Å². The first kappa shape index (κ1) is 24.5. The molecule has 2 aromatic heterocycles. The number of benzene rings is 1. The highest BCUT2D eigenvalue weighted by Crippen LogP contribution is 2.20. The minimum absolute atomic E-state index is 0.267. The van der Waals surface area contributed by atoms with Crippen molar-refractivity contribution in [1.82, 2.24) is 25.4 Å². The maximum absolute atomic E-state index is 10.6. The van der Waals surface area contributed by atoms with Gasteiger partial charge in [0.1, 0.15) is 5.82 Å². The van der Waals surface area contributed by atoms with Crippen molar-refractivity contribution in [1.29, 1.82) is 0 Å². The molecule has 0 bridgehead atoms. The van der Waals surface area contributed by atoms with Gasteiger partial charge in [0.15, 0.2) is 0 Å². The van der Waals surface area contributed by atoms with E-state index in [9.17, 15) is 13.2 Å². The molecular weight excluding hydrogens is 437 g/mol. The van der Waals surface area contributed by atoms with Crippen molar-refractivity contribution in [2.24, 2.45) is 0 Å². The second kappa shape index (κ2) is 10.6. The Bertz CT molecular complexity index is 1060. The summed E-state index contributed by atoms with van der Waals surface area (Å²) in [5.41, 5.74) is 3.61. The number of hydrogen-bond donors (Lipinski definition) is 3. The number of aliphatic carboxylic acids is 1. The molecule has 3 N–H and O–H groups in total. The number of anilines is 1. The van der Waals surface area contributed by atoms with Gasteiger partial charge in [0.25, 0.3) is 0 Å². The molecule has 0 radical (unpaired) electrons. The van der Waals surface area contributed by atoms with Crippen LogP contribution in [0.15, 0.2) is 42.7 Å². The summed E-state index contributed by atoms with van der Waals surface area (Å²) >= 11 is 0. The zero-order chi connectivity index (χ0) is 24.0. The van der Waals surface area contributed by atoms with Crippen molar-refractivity contribution in [3.63, 3.8) is 0 Å². The summed E-state index contributed by atoms with van der Waals surface area (Å²) in [6, 6.07) is 11.0. The molecule has 0 aliphatic carbocycles. The maximum atomic E-state index is 10.6. The van der Waals surface area contributed by atoms with Gasteiger partial charge in [-0.05, 0) is 43.3 Å². The van der Waals surface area contributed by atoms with Gasteiger partial charge < -0.3 is 20.2 Å². The molecule has 8 nitrogen and oxygen atoms in total. The van der Waals surface area contributed by atoms with Gasteiger partial charge in [-0.2, -0.15) is 18.3 Å². The molecule has 1 aliphatic rings. The van der Waals surface area contributed by atoms with Crippen LogP contribution in [0.5, 0.6) is 0 Å². The maximum Gasteiger partial charge on any atom is 0.490 e. The van der Waals surface area contributed by atoms with E-state index in [-0.39, 0.29) is 6.04 Å². The van der Waals surface area contributed by atoms with Crippen molar-refractivity contribution < 1.29 is 23.1 Å². The summed E-state index contributed by atoms with van der Waals surface area (Å²) in [5, 5.41) is 19.0. The highest BCUT2D eigenvalue weighted by Gasteiger charge is 2.38. The number of piperazine rings is 1. The largest absolute Gasteiger partial charge is 0.490 e. The molecule has 33 heavy (non-hydrogen) atoms. The molecule has 3 heterocycles. The van der Waals surface area contributed by atoms with E-state index in [1.165, 1.54) is 11.1 Å². The number of alkyl halides is 3. The second-order valence-electron chi connectivity index (χ2n) is 7.93. The fourth-order valence-corrected chi connectivity index (χ4v) is 3.39.